The number of nitrogens with zero attached hydrogens (tertiary/aromatic N) is 2. The molecule has 1 amide bonds. The molecule has 2 N–H and O–H groups in total. The molecule has 1 aromatic heterocycles. The monoisotopic (exact) mass is 288 g/mol. The van der Waals surface area contributed by atoms with Gasteiger partial charge in [-0.2, -0.15) is 9.40 Å². The van der Waals surface area contributed by atoms with Crippen molar-refractivity contribution in [1.82, 2.24) is 19.8 Å². The second kappa shape index (κ2) is 5.17. The predicted octanol–water partition coefficient (Wildman–Crippen LogP) is -0.163. The van der Waals surface area contributed by atoms with E-state index in [9.17, 15) is 13.2 Å². The Morgan fingerprint density at radius 3 is 2.95 bits per heavy atom. The molecule has 1 aliphatic rings. The summed E-state index contributed by atoms with van der Waals surface area (Å²) in [6, 6.07) is -0.227. The van der Waals surface area contributed by atoms with Gasteiger partial charge in [0.1, 0.15) is 4.90 Å². The minimum atomic E-state index is -3.55. The van der Waals surface area contributed by atoms with Gasteiger partial charge in [-0.3, -0.25) is 5.10 Å². The Labute approximate surface area is 111 Å². The average Bonchev–Trinajstić information content (AvgIpc) is 2.98. The number of aryl methyl sites for hydroxylation is 1. The normalized spacial score (nSPS) is 20.4. The van der Waals surface area contributed by atoms with E-state index in [-0.39, 0.29) is 17.5 Å². The highest BCUT2D eigenvalue weighted by molar-refractivity contribution is 7.89. The zero-order chi connectivity index (χ0) is 14.0. The smallest absolute Gasteiger partial charge is 0.407 e. The molecule has 19 heavy (non-hydrogen) atoms. The molecule has 1 aliphatic heterocycles. The Morgan fingerprint density at radius 2 is 2.37 bits per heavy atom. The maximum absolute atomic E-state index is 12.3. The lowest BCUT2D eigenvalue weighted by Gasteiger charge is -2.16. The Hall–Kier alpha value is -1.61. The van der Waals surface area contributed by atoms with E-state index >= 15 is 0 Å². The molecule has 0 aromatic carbocycles. The highest BCUT2D eigenvalue weighted by Gasteiger charge is 2.34. The van der Waals surface area contributed by atoms with Crippen LogP contribution in [0.4, 0.5) is 4.79 Å². The van der Waals surface area contributed by atoms with Crippen LogP contribution in [0.15, 0.2) is 11.1 Å². The molecular weight excluding hydrogens is 272 g/mol. The van der Waals surface area contributed by atoms with Crippen molar-refractivity contribution in [2.24, 2.45) is 0 Å². The molecule has 0 spiro atoms. The Morgan fingerprint density at radius 1 is 1.63 bits per heavy atom. The van der Waals surface area contributed by atoms with Gasteiger partial charge in [-0.15, -0.1) is 0 Å². The molecule has 9 heteroatoms. The Balaban J connectivity index is 2.09. The summed E-state index contributed by atoms with van der Waals surface area (Å²) in [5.41, 5.74) is 0.504. The second-order valence-corrected chi connectivity index (χ2v) is 6.25. The quantitative estimate of drug-likeness (QED) is 0.804. The van der Waals surface area contributed by atoms with E-state index in [4.69, 9.17) is 0 Å². The molecule has 0 saturated carbocycles. The fourth-order valence-electron chi connectivity index (χ4n) is 2.03. The van der Waals surface area contributed by atoms with Gasteiger partial charge in [-0.05, 0) is 13.3 Å². The number of ether oxygens (including phenoxy) is 1. The van der Waals surface area contributed by atoms with E-state index in [1.54, 1.807) is 6.92 Å². The summed E-state index contributed by atoms with van der Waals surface area (Å²) in [6.07, 6.45) is 1.31. The number of sulfonamides is 1. The van der Waals surface area contributed by atoms with Crippen LogP contribution in [-0.2, 0) is 14.8 Å². The Kier molecular flexibility index (Phi) is 3.76. The molecule has 2 heterocycles. The van der Waals surface area contributed by atoms with Crippen molar-refractivity contribution in [3.8, 4) is 0 Å². The molecule has 0 bridgehead atoms. The number of hydrogen-bond donors (Lipinski definition) is 2. The number of carbonyl (C=O) groups is 1. The van der Waals surface area contributed by atoms with Crippen molar-refractivity contribution in [1.29, 1.82) is 0 Å². The average molecular weight is 288 g/mol. The lowest BCUT2D eigenvalue weighted by molar-refractivity contribution is 0.167. The van der Waals surface area contributed by atoms with Crippen LogP contribution in [0.3, 0.4) is 0 Å². The lowest BCUT2D eigenvalue weighted by Crippen LogP contribution is -2.38. The molecule has 106 valence electrons. The largest absolute Gasteiger partial charge is 0.453 e. The summed E-state index contributed by atoms with van der Waals surface area (Å²) in [7, 11) is -2.28. The SMILES string of the molecule is COC(=O)NC1CCN(S(=O)(=O)c2cn[nH]c2C)C1. The van der Waals surface area contributed by atoms with E-state index in [2.05, 4.69) is 20.3 Å². The number of H-pyrrole nitrogens is 1. The van der Waals surface area contributed by atoms with Gasteiger partial charge in [0, 0.05) is 19.1 Å². The molecule has 8 nitrogen and oxygen atoms in total. The van der Waals surface area contributed by atoms with Crippen LogP contribution in [0.1, 0.15) is 12.1 Å². The van der Waals surface area contributed by atoms with Crippen molar-refractivity contribution in [2.75, 3.05) is 20.2 Å². The maximum Gasteiger partial charge on any atom is 0.407 e. The third-order valence-corrected chi connectivity index (χ3v) is 5.04. The molecule has 0 radical (unpaired) electrons. The third-order valence-electron chi connectivity index (χ3n) is 3.06. The second-order valence-electron chi connectivity index (χ2n) is 4.34. The van der Waals surface area contributed by atoms with E-state index in [1.807, 2.05) is 0 Å². The number of methoxy groups -OCH3 is 1. The number of carbonyl (C=O) groups excluding carboxylic acids is 1. The Bertz CT molecular complexity index is 568. The van der Waals surface area contributed by atoms with Gasteiger partial charge in [0.2, 0.25) is 10.0 Å². The summed E-state index contributed by atoms with van der Waals surface area (Å²) in [5, 5.41) is 8.92. The van der Waals surface area contributed by atoms with E-state index in [0.29, 0.717) is 18.7 Å². The number of aromatic nitrogens is 2. The molecule has 1 atom stereocenters. The van der Waals surface area contributed by atoms with Crippen LogP contribution in [0.2, 0.25) is 0 Å². The van der Waals surface area contributed by atoms with Gasteiger partial charge in [0.15, 0.2) is 0 Å². The van der Waals surface area contributed by atoms with Crippen molar-refractivity contribution in [3.05, 3.63) is 11.9 Å². The highest BCUT2D eigenvalue weighted by atomic mass is 32.2. The van der Waals surface area contributed by atoms with E-state index in [0.717, 1.165) is 0 Å². The fourth-order valence-corrected chi connectivity index (χ4v) is 3.65. The van der Waals surface area contributed by atoms with Gasteiger partial charge in [-0.1, -0.05) is 0 Å². The standard InChI is InChI=1S/C10H16N4O4S/c1-7-9(5-11-13-7)19(16,17)14-4-3-8(6-14)12-10(15)18-2/h5,8H,3-4,6H2,1-2H3,(H,11,13)(H,12,15). The molecule has 1 unspecified atom stereocenters. The highest BCUT2D eigenvalue weighted by Crippen LogP contribution is 2.22. The predicted molar refractivity (Wildman–Crippen MR) is 66.0 cm³/mol. The zero-order valence-corrected chi connectivity index (χ0v) is 11.5. The fraction of sp³-hybridized carbons (Fsp3) is 0.600. The summed E-state index contributed by atoms with van der Waals surface area (Å²) in [4.78, 5) is 11.3. The first-order chi connectivity index (χ1) is 8.95. The van der Waals surface area contributed by atoms with Crippen LogP contribution in [0.5, 0.6) is 0 Å². The van der Waals surface area contributed by atoms with Gasteiger partial charge < -0.3 is 10.1 Å². The van der Waals surface area contributed by atoms with Crippen LogP contribution in [0, 0.1) is 6.92 Å². The summed E-state index contributed by atoms with van der Waals surface area (Å²) in [6.45, 7) is 2.25. The first kappa shape index (κ1) is 13.8. The number of nitrogens with one attached hydrogen (secondary N) is 2. The number of aromatic amines is 1. The third kappa shape index (κ3) is 2.71. The molecule has 1 saturated heterocycles. The van der Waals surface area contributed by atoms with Crippen molar-refractivity contribution in [3.63, 3.8) is 0 Å². The lowest BCUT2D eigenvalue weighted by atomic mass is 10.3. The zero-order valence-electron chi connectivity index (χ0n) is 10.7. The van der Waals surface area contributed by atoms with Gasteiger partial charge in [-0.25, -0.2) is 13.2 Å². The van der Waals surface area contributed by atoms with Crippen LogP contribution < -0.4 is 5.32 Å². The number of hydrogen-bond acceptors (Lipinski definition) is 5. The van der Waals surface area contributed by atoms with Crippen LogP contribution in [0.25, 0.3) is 0 Å². The van der Waals surface area contributed by atoms with Gasteiger partial charge in [0.25, 0.3) is 0 Å². The topological polar surface area (TPSA) is 104 Å². The summed E-state index contributed by atoms with van der Waals surface area (Å²) >= 11 is 0. The number of alkyl carbamates (subject to hydrolysis) is 1. The molecule has 0 aliphatic carbocycles. The molecule has 2 rings (SSSR count). The summed E-state index contributed by atoms with van der Waals surface area (Å²) < 4.78 is 30.5. The maximum atomic E-state index is 12.3. The molecule has 1 aromatic rings. The number of rotatable bonds is 3. The first-order valence-corrected chi connectivity index (χ1v) is 7.23. The van der Waals surface area contributed by atoms with E-state index in [1.165, 1.54) is 17.6 Å². The van der Waals surface area contributed by atoms with Crippen LogP contribution >= 0.6 is 0 Å². The number of amides is 1. The van der Waals surface area contributed by atoms with Crippen LogP contribution in [-0.4, -0.2) is 55.3 Å². The first-order valence-electron chi connectivity index (χ1n) is 5.79. The van der Waals surface area contributed by atoms with E-state index < -0.39 is 16.1 Å². The van der Waals surface area contributed by atoms with Crippen molar-refractivity contribution in [2.45, 2.75) is 24.3 Å². The van der Waals surface area contributed by atoms with Crippen molar-refractivity contribution < 1.29 is 17.9 Å². The minimum absolute atomic E-state index is 0.172. The molecular formula is C10H16N4O4S. The molecule has 1 fully saturated rings. The summed E-state index contributed by atoms with van der Waals surface area (Å²) in [5.74, 6) is 0. The van der Waals surface area contributed by atoms with Gasteiger partial charge in [0.05, 0.1) is 19.0 Å². The van der Waals surface area contributed by atoms with Crippen molar-refractivity contribution >= 4 is 16.1 Å². The van der Waals surface area contributed by atoms with Gasteiger partial charge >= 0.3 is 6.09 Å². The minimum Gasteiger partial charge on any atom is -0.453 e.